The van der Waals surface area contributed by atoms with Crippen molar-refractivity contribution < 1.29 is 14.2 Å². The summed E-state index contributed by atoms with van der Waals surface area (Å²) in [5, 5.41) is 5.18. The lowest BCUT2D eigenvalue weighted by Crippen LogP contribution is -2.36. The molecule has 2 aromatic rings. The summed E-state index contributed by atoms with van der Waals surface area (Å²) in [6, 6.07) is 3.98. The van der Waals surface area contributed by atoms with Gasteiger partial charge < -0.3 is 24.4 Å². The van der Waals surface area contributed by atoms with Gasteiger partial charge in [0, 0.05) is 30.7 Å². The Hall–Kier alpha value is -1.54. The number of hydrogen-bond donors (Lipinski definition) is 1. The van der Waals surface area contributed by atoms with Crippen molar-refractivity contribution in [3.05, 3.63) is 33.8 Å². The van der Waals surface area contributed by atoms with E-state index in [9.17, 15) is 0 Å². The molecular weight excluding hydrogens is 374 g/mol. The van der Waals surface area contributed by atoms with Crippen LogP contribution in [0.5, 0.6) is 11.5 Å². The molecule has 140 valence electrons. The molecule has 1 aromatic carbocycles. The van der Waals surface area contributed by atoms with E-state index in [1.54, 1.807) is 11.3 Å². The Bertz CT molecular complexity index is 749. The van der Waals surface area contributed by atoms with E-state index < -0.39 is 0 Å². The van der Waals surface area contributed by atoms with Gasteiger partial charge in [-0.15, -0.1) is 11.3 Å². The van der Waals surface area contributed by atoms with Crippen molar-refractivity contribution >= 4 is 28.1 Å². The molecule has 3 heterocycles. The maximum Gasteiger partial charge on any atom is 0.185 e. The molecule has 2 aliphatic rings. The molecule has 1 fully saturated rings. The third-order valence-electron chi connectivity index (χ3n) is 4.37. The third-order valence-corrected chi connectivity index (χ3v) is 5.71. The summed E-state index contributed by atoms with van der Waals surface area (Å²) < 4.78 is 16.6. The number of benzene rings is 1. The molecule has 1 saturated heterocycles. The number of rotatable bonds is 6. The second kappa shape index (κ2) is 8.43. The van der Waals surface area contributed by atoms with Crippen molar-refractivity contribution in [2.45, 2.75) is 13.0 Å². The highest BCUT2D eigenvalue weighted by Gasteiger charge is 2.17. The molecule has 26 heavy (non-hydrogen) atoms. The van der Waals surface area contributed by atoms with E-state index in [4.69, 9.17) is 25.8 Å². The highest BCUT2D eigenvalue weighted by Crippen LogP contribution is 2.38. The maximum absolute atomic E-state index is 6.29. The number of aromatic nitrogens is 1. The van der Waals surface area contributed by atoms with E-state index in [-0.39, 0.29) is 0 Å². The summed E-state index contributed by atoms with van der Waals surface area (Å²) in [6.45, 7) is 6.21. The number of nitrogens with zero attached hydrogens (tertiary/aromatic N) is 2. The lowest BCUT2D eigenvalue weighted by molar-refractivity contribution is 0.122. The molecule has 0 spiro atoms. The Morgan fingerprint density at radius 3 is 2.88 bits per heavy atom. The Labute approximate surface area is 162 Å². The fourth-order valence-corrected chi connectivity index (χ4v) is 4.25. The quantitative estimate of drug-likeness (QED) is 0.759. The fraction of sp³-hybridized carbons (Fsp3) is 0.500. The first-order valence-electron chi connectivity index (χ1n) is 8.86. The summed E-state index contributed by atoms with van der Waals surface area (Å²) in [5.74, 6) is 1.41. The predicted octanol–water partition coefficient (Wildman–Crippen LogP) is 2.74. The Morgan fingerprint density at radius 1 is 1.15 bits per heavy atom. The average Bonchev–Trinajstić information content (AvgIpc) is 3.15. The number of fused-ring (bicyclic) bond motifs is 1. The fourth-order valence-electron chi connectivity index (χ4n) is 3.03. The van der Waals surface area contributed by atoms with Crippen LogP contribution in [0.15, 0.2) is 18.3 Å². The summed E-state index contributed by atoms with van der Waals surface area (Å²) in [4.78, 5) is 8.07. The first-order valence-corrected chi connectivity index (χ1v) is 10.1. The molecule has 0 unspecified atom stereocenters. The molecule has 0 aliphatic carbocycles. The maximum atomic E-state index is 6.29. The molecule has 1 N–H and O–H groups in total. The molecule has 0 saturated carbocycles. The Balaban J connectivity index is 1.26. The van der Waals surface area contributed by atoms with Crippen molar-refractivity contribution in [1.82, 2.24) is 10.3 Å². The second-order valence-corrected chi connectivity index (χ2v) is 7.74. The summed E-state index contributed by atoms with van der Waals surface area (Å²) in [5.41, 5.74) is 1.14. The number of hydrogen-bond acceptors (Lipinski definition) is 7. The van der Waals surface area contributed by atoms with Gasteiger partial charge in [0.1, 0.15) is 13.2 Å². The van der Waals surface area contributed by atoms with Crippen LogP contribution >= 0.6 is 22.9 Å². The van der Waals surface area contributed by atoms with E-state index in [0.717, 1.165) is 62.3 Å². The van der Waals surface area contributed by atoms with Gasteiger partial charge in [0.15, 0.2) is 16.6 Å². The third kappa shape index (κ3) is 4.23. The van der Waals surface area contributed by atoms with Crippen LogP contribution < -0.4 is 19.7 Å². The lowest BCUT2D eigenvalue weighted by Gasteiger charge is -2.25. The van der Waals surface area contributed by atoms with E-state index >= 15 is 0 Å². The number of halogens is 1. The second-order valence-electron chi connectivity index (χ2n) is 6.24. The van der Waals surface area contributed by atoms with Crippen LogP contribution in [0.2, 0.25) is 5.02 Å². The number of morpholine rings is 1. The van der Waals surface area contributed by atoms with Gasteiger partial charge in [-0.05, 0) is 30.7 Å². The molecule has 0 amide bonds. The molecule has 4 rings (SSSR count). The van der Waals surface area contributed by atoms with Crippen LogP contribution in [0.3, 0.4) is 0 Å². The van der Waals surface area contributed by atoms with Gasteiger partial charge in [0.2, 0.25) is 0 Å². The van der Waals surface area contributed by atoms with Crippen LogP contribution in [-0.2, 0) is 17.7 Å². The van der Waals surface area contributed by atoms with Gasteiger partial charge in [-0.3, -0.25) is 0 Å². The van der Waals surface area contributed by atoms with Gasteiger partial charge in [-0.1, -0.05) is 11.6 Å². The number of thiazole rings is 1. The molecule has 0 atom stereocenters. The van der Waals surface area contributed by atoms with Crippen molar-refractivity contribution in [3.8, 4) is 11.5 Å². The molecule has 8 heteroatoms. The van der Waals surface area contributed by atoms with Gasteiger partial charge in [0.25, 0.3) is 0 Å². The average molecular weight is 396 g/mol. The smallest absolute Gasteiger partial charge is 0.185 e. The highest BCUT2D eigenvalue weighted by atomic mass is 35.5. The van der Waals surface area contributed by atoms with E-state index in [0.29, 0.717) is 24.0 Å². The van der Waals surface area contributed by atoms with Crippen molar-refractivity contribution in [3.63, 3.8) is 0 Å². The number of anilines is 1. The summed E-state index contributed by atoms with van der Waals surface area (Å²) in [7, 11) is 0. The highest BCUT2D eigenvalue weighted by molar-refractivity contribution is 7.15. The SMILES string of the molecule is Clc1cc(CCNCc2cnc(N3CCOCC3)s2)cc2c1OCCO2. The van der Waals surface area contributed by atoms with E-state index in [2.05, 4.69) is 15.2 Å². The number of nitrogens with one attached hydrogen (secondary N) is 1. The predicted molar refractivity (Wildman–Crippen MR) is 103 cm³/mol. The van der Waals surface area contributed by atoms with E-state index in [1.807, 2.05) is 18.3 Å². The van der Waals surface area contributed by atoms with Gasteiger partial charge in [-0.2, -0.15) is 0 Å². The normalized spacial score (nSPS) is 16.7. The van der Waals surface area contributed by atoms with Crippen LogP contribution in [0.25, 0.3) is 0 Å². The topological polar surface area (TPSA) is 55.9 Å². The standard InChI is InChI=1S/C18H22ClN3O3S/c19-15-9-13(10-16-17(15)25-8-7-24-16)1-2-20-11-14-12-21-18(26-14)22-3-5-23-6-4-22/h9-10,12,20H,1-8,11H2. The summed E-state index contributed by atoms with van der Waals surface area (Å²) in [6.07, 6.45) is 2.84. The molecule has 2 aliphatic heterocycles. The van der Waals surface area contributed by atoms with Crippen molar-refractivity contribution in [2.24, 2.45) is 0 Å². The molecule has 6 nitrogen and oxygen atoms in total. The monoisotopic (exact) mass is 395 g/mol. The van der Waals surface area contributed by atoms with Crippen LogP contribution in [0.1, 0.15) is 10.4 Å². The minimum absolute atomic E-state index is 0.551. The Kier molecular flexibility index (Phi) is 5.79. The molecule has 0 radical (unpaired) electrons. The minimum Gasteiger partial charge on any atom is -0.486 e. The van der Waals surface area contributed by atoms with Gasteiger partial charge >= 0.3 is 0 Å². The molecule has 1 aromatic heterocycles. The lowest BCUT2D eigenvalue weighted by atomic mass is 10.1. The van der Waals surface area contributed by atoms with Gasteiger partial charge in [0.05, 0.1) is 18.2 Å². The van der Waals surface area contributed by atoms with Crippen LogP contribution in [-0.4, -0.2) is 51.0 Å². The molecular formula is C18H22ClN3O3S. The van der Waals surface area contributed by atoms with E-state index in [1.165, 1.54) is 4.88 Å². The van der Waals surface area contributed by atoms with Gasteiger partial charge in [-0.25, -0.2) is 4.98 Å². The first-order chi connectivity index (χ1) is 12.8. The largest absolute Gasteiger partial charge is 0.486 e. The minimum atomic E-state index is 0.551. The van der Waals surface area contributed by atoms with Crippen molar-refractivity contribution in [2.75, 3.05) is 51.0 Å². The first kappa shape index (κ1) is 17.9. The van der Waals surface area contributed by atoms with Crippen LogP contribution in [0, 0.1) is 0 Å². The zero-order valence-corrected chi connectivity index (χ0v) is 16.1. The number of ether oxygens (including phenoxy) is 3. The molecule has 0 bridgehead atoms. The van der Waals surface area contributed by atoms with Crippen molar-refractivity contribution in [1.29, 1.82) is 0 Å². The van der Waals surface area contributed by atoms with Crippen LogP contribution in [0.4, 0.5) is 5.13 Å². The zero-order chi connectivity index (χ0) is 17.8. The Morgan fingerprint density at radius 2 is 2.00 bits per heavy atom. The zero-order valence-electron chi connectivity index (χ0n) is 14.5. The summed E-state index contributed by atoms with van der Waals surface area (Å²) >= 11 is 8.03.